The number of thiophene rings is 1. The van der Waals surface area contributed by atoms with Gasteiger partial charge in [-0.25, -0.2) is 4.79 Å². The molecule has 0 amide bonds. The highest BCUT2D eigenvalue weighted by atomic mass is 79.9. The highest BCUT2D eigenvalue weighted by Gasteiger charge is 2.09. The Morgan fingerprint density at radius 1 is 1.41 bits per heavy atom. The quantitative estimate of drug-likeness (QED) is 0.839. The summed E-state index contributed by atoms with van der Waals surface area (Å²) in [6.07, 6.45) is 0. The van der Waals surface area contributed by atoms with Crippen LogP contribution in [0.15, 0.2) is 45.1 Å². The zero-order valence-electron chi connectivity index (χ0n) is 8.72. The summed E-state index contributed by atoms with van der Waals surface area (Å²) < 4.78 is 0.616. The molecular formula is C12H9BrO2S2. The molecule has 1 N–H and O–H groups in total. The van der Waals surface area contributed by atoms with E-state index in [0.29, 0.717) is 10.0 Å². The lowest BCUT2D eigenvalue weighted by Crippen LogP contribution is -1.97. The van der Waals surface area contributed by atoms with Gasteiger partial charge < -0.3 is 5.11 Å². The van der Waals surface area contributed by atoms with Gasteiger partial charge in [0.15, 0.2) is 0 Å². The average molecular weight is 329 g/mol. The predicted molar refractivity (Wildman–Crippen MR) is 75.0 cm³/mol. The molecule has 0 aliphatic carbocycles. The van der Waals surface area contributed by atoms with E-state index in [1.165, 1.54) is 4.88 Å². The van der Waals surface area contributed by atoms with Crippen molar-refractivity contribution in [2.24, 2.45) is 0 Å². The van der Waals surface area contributed by atoms with Gasteiger partial charge in [0.05, 0.1) is 5.56 Å². The van der Waals surface area contributed by atoms with Gasteiger partial charge in [-0.3, -0.25) is 0 Å². The van der Waals surface area contributed by atoms with Gasteiger partial charge in [-0.05, 0) is 45.6 Å². The first-order valence-corrected chi connectivity index (χ1v) is 7.50. The predicted octanol–water partition coefficient (Wildman–Crippen LogP) is 4.50. The zero-order chi connectivity index (χ0) is 12.3. The second kappa shape index (κ2) is 5.71. The Morgan fingerprint density at radius 3 is 2.88 bits per heavy atom. The van der Waals surface area contributed by atoms with Crippen molar-refractivity contribution in [3.63, 3.8) is 0 Å². The maximum Gasteiger partial charge on any atom is 0.336 e. The molecule has 88 valence electrons. The fourth-order valence-corrected chi connectivity index (χ4v) is 3.43. The number of carboxylic acid groups (broad SMARTS) is 1. The van der Waals surface area contributed by atoms with E-state index >= 15 is 0 Å². The molecule has 0 radical (unpaired) electrons. The summed E-state index contributed by atoms with van der Waals surface area (Å²) in [6.45, 7) is 0. The molecule has 2 aromatic rings. The van der Waals surface area contributed by atoms with Gasteiger partial charge in [0.2, 0.25) is 0 Å². The minimum atomic E-state index is -0.907. The zero-order valence-corrected chi connectivity index (χ0v) is 11.9. The number of rotatable bonds is 4. The van der Waals surface area contributed by atoms with Gasteiger partial charge in [0.25, 0.3) is 0 Å². The third-order valence-electron chi connectivity index (χ3n) is 2.13. The molecule has 0 fully saturated rings. The number of halogens is 1. The second-order valence-electron chi connectivity index (χ2n) is 3.31. The lowest BCUT2D eigenvalue weighted by atomic mass is 10.2. The van der Waals surface area contributed by atoms with E-state index in [0.717, 1.165) is 10.6 Å². The Morgan fingerprint density at radius 2 is 2.24 bits per heavy atom. The third kappa shape index (κ3) is 3.34. The summed E-state index contributed by atoms with van der Waals surface area (Å²) in [5.41, 5.74) is 0.307. The van der Waals surface area contributed by atoms with Crippen LogP contribution in [0, 0.1) is 0 Å². The molecule has 0 aliphatic heterocycles. The SMILES string of the molecule is O=C(O)c1cc(SCc2cccs2)ccc1Br. The van der Waals surface area contributed by atoms with Crippen LogP contribution >= 0.6 is 39.0 Å². The molecule has 0 aliphatic rings. The Kier molecular flexibility index (Phi) is 4.25. The van der Waals surface area contributed by atoms with Crippen LogP contribution in [0.4, 0.5) is 0 Å². The minimum Gasteiger partial charge on any atom is -0.478 e. The fourth-order valence-electron chi connectivity index (χ4n) is 1.31. The fraction of sp³-hybridized carbons (Fsp3) is 0.0833. The Hall–Kier alpha value is -0.780. The van der Waals surface area contributed by atoms with Crippen molar-refractivity contribution in [2.45, 2.75) is 10.6 Å². The van der Waals surface area contributed by atoms with Gasteiger partial charge in [0, 0.05) is 20.0 Å². The van der Waals surface area contributed by atoms with Gasteiger partial charge in [-0.1, -0.05) is 6.07 Å². The van der Waals surface area contributed by atoms with Gasteiger partial charge in [-0.2, -0.15) is 0 Å². The van der Waals surface area contributed by atoms with Gasteiger partial charge in [-0.15, -0.1) is 23.1 Å². The van der Waals surface area contributed by atoms with Crippen molar-refractivity contribution in [1.82, 2.24) is 0 Å². The Labute approximate surface area is 116 Å². The van der Waals surface area contributed by atoms with Crippen LogP contribution in [-0.4, -0.2) is 11.1 Å². The first-order valence-electron chi connectivity index (χ1n) is 4.85. The van der Waals surface area contributed by atoms with E-state index in [9.17, 15) is 4.79 Å². The number of carbonyl (C=O) groups is 1. The van der Waals surface area contributed by atoms with Crippen LogP contribution in [0.25, 0.3) is 0 Å². The number of benzene rings is 1. The number of carboxylic acids is 1. The van der Waals surface area contributed by atoms with Crippen LogP contribution in [0.5, 0.6) is 0 Å². The van der Waals surface area contributed by atoms with Gasteiger partial charge >= 0.3 is 5.97 Å². The summed E-state index contributed by atoms with van der Waals surface area (Å²) in [6, 6.07) is 9.50. The summed E-state index contributed by atoms with van der Waals surface area (Å²) in [5.74, 6) is -0.0336. The molecule has 0 saturated heterocycles. The van der Waals surface area contributed by atoms with E-state index in [1.807, 2.05) is 17.5 Å². The molecule has 2 nitrogen and oxygen atoms in total. The Balaban J connectivity index is 2.11. The van der Waals surface area contributed by atoms with E-state index in [4.69, 9.17) is 5.11 Å². The number of aromatic carboxylic acids is 1. The third-order valence-corrected chi connectivity index (χ3v) is 4.92. The average Bonchev–Trinajstić information content (AvgIpc) is 2.80. The van der Waals surface area contributed by atoms with Crippen LogP contribution in [-0.2, 0) is 5.75 Å². The smallest absolute Gasteiger partial charge is 0.336 e. The van der Waals surface area contributed by atoms with Crippen LogP contribution in [0.3, 0.4) is 0 Å². The first-order chi connectivity index (χ1) is 8.16. The topological polar surface area (TPSA) is 37.3 Å². The molecule has 0 spiro atoms. The van der Waals surface area contributed by atoms with E-state index in [-0.39, 0.29) is 0 Å². The number of thioether (sulfide) groups is 1. The minimum absolute atomic E-state index is 0.307. The van der Waals surface area contributed by atoms with Crippen molar-refractivity contribution >= 4 is 45.0 Å². The summed E-state index contributed by atoms with van der Waals surface area (Å²) >= 11 is 6.59. The second-order valence-corrected chi connectivity index (χ2v) is 6.25. The highest BCUT2D eigenvalue weighted by Crippen LogP contribution is 2.28. The van der Waals surface area contributed by atoms with Crippen LogP contribution < -0.4 is 0 Å². The molecule has 0 unspecified atom stereocenters. The van der Waals surface area contributed by atoms with Crippen molar-refractivity contribution in [2.75, 3.05) is 0 Å². The van der Waals surface area contributed by atoms with E-state index in [1.54, 1.807) is 35.2 Å². The normalized spacial score (nSPS) is 10.4. The molecule has 0 saturated carbocycles. The lowest BCUT2D eigenvalue weighted by Gasteiger charge is -2.03. The molecule has 17 heavy (non-hydrogen) atoms. The van der Waals surface area contributed by atoms with Crippen molar-refractivity contribution in [3.05, 3.63) is 50.6 Å². The monoisotopic (exact) mass is 328 g/mol. The van der Waals surface area contributed by atoms with Gasteiger partial charge in [0.1, 0.15) is 0 Å². The Bertz CT molecular complexity index is 523. The molecule has 0 atom stereocenters. The molecule has 1 aromatic carbocycles. The number of hydrogen-bond acceptors (Lipinski definition) is 3. The molecule has 1 aromatic heterocycles. The van der Waals surface area contributed by atoms with Crippen molar-refractivity contribution in [1.29, 1.82) is 0 Å². The summed E-state index contributed by atoms with van der Waals surface area (Å²) in [4.78, 5) is 13.2. The molecule has 1 heterocycles. The van der Waals surface area contributed by atoms with Crippen molar-refractivity contribution in [3.8, 4) is 0 Å². The van der Waals surface area contributed by atoms with Crippen LogP contribution in [0.1, 0.15) is 15.2 Å². The highest BCUT2D eigenvalue weighted by molar-refractivity contribution is 9.10. The maximum atomic E-state index is 11.0. The van der Waals surface area contributed by atoms with E-state index in [2.05, 4.69) is 22.0 Å². The standard InChI is InChI=1S/C12H9BrO2S2/c13-11-4-3-8(6-10(11)12(14)15)17-7-9-2-1-5-16-9/h1-6H,7H2,(H,14,15). The molecule has 0 bridgehead atoms. The van der Waals surface area contributed by atoms with E-state index < -0.39 is 5.97 Å². The lowest BCUT2D eigenvalue weighted by molar-refractivity contribution is 0.0695. The van der Waals surface area contributed by atoms with Crippen molar-refractivity contribution < 1.29 is 9.90 Å². The summed E-state index contributed by atoms with van der Waals surface area (Å²) in [7, 11) is 0. The largest absolute Gasteiger partial charge is 0.478 e. The molecule has 2 rings (SSSR count). The molecule has 5 heteroatoms. The van der Waals surface area contributed by atoms with Crippen LogP contribution in [0.2, 0.25) is 0 Å². The molecular weight excluding hydrogens is 320 g/mol. The number of hydrogen-bond donors (Lipinski definition) is 1. The maximum absolute atomic E-state index is 11.0. The summed E-state index contributed by atoms with van der Waals surface area (Å²) in [5, 5.41) is 11.0. The first kappa shape index (κ1) is 12.7.